The highest BCUT2D eigenvalue weighted by Gasteiger charge is 2.19. The van der Waals surface area contributed by atoms with Crippen LogP contribution < -0.4 is 4.18 Å². The molecule has 3 aromatic heterocycles. The third-order valence-corrected chi connectivity index (χ3v) is 5.37. The van der Waals surface area contributed by atoms with Gasteiger partial charge in [0.25, 0.3) is 0 Å². The first kappa shape index (κ1) is 21.3. The Bertz CT molecular complexity index is 1420. The van der Waals surface area contributed by atoms with E-state index in [1.165, 1.54) is 12.1 Å². The first-order valence-corrected chi connectivity index (χ1v) is 11.7. The normalized spacial score (nSPS) is 11.8. The van der Waals surface area contributed by atoms with E-state index in [0.717, 1.165) is 22.4 Å². The van der Waals surface area contributed by atoms with Crippen molar-refractivity contribution in [1.82, 2.24) is 24.5 Å². The molecule has 0 saturated carbocycles. The molecule has 160 valence electrons. The fraction of sp³-hybridized carbons (Fsp3) is 0.200. The maximum Gasteiger partial charge on any atom is 0.306 e. The molecule has 0 atom stereocenters. The van der Waals surface area contributed by atoms with Gasteiger partial charge in [-0.15, -0.1) is 0 Å². The summed E-state index contributed by atoms with van der Waals surface area (Å²) in [4.78, 5) is 17.8. The van der Waals surface area contributed by atoms with E-state index in [1.807, 2.05) is 13.0 Å². The van der Waals surface area contributed by atoms with Crippen LogP contribution in [0.4, 0.5) is 4.39 Å². The third kappa shape index (κ3) is 4.57. The molecule has 11 heteroatoms. The first-order valence-electron chi connectivity index (χ1n) is 9.11. The second-order valence-corrected chi connectivity index (χ2v) is 9.47. The molecule has 0 aliphatic carbocycles. The van der Waals surface area contributed by atoms with Gasteiger partial charge in [0.1, 0.15) is 28.7 Å². The highest BCUT2D eigenvalue weighted by Crippen LogP contribution is 2.28. The molecule has 4 rings (SSSR count). The Morgan fingerprint density at radius 2 is 1.90 bits per heavy atom. The number of benzene rings is 1. The Hall–Kier alpha value is -2.92. The SMILES string of the molecule is Cc1nc(C)c2nc(-c3cncc(Br)c3)n(Cc3ccc(OS(C)(=O)=O)cc3F)c2n1. The highest BCUT2D eigenvalue weighted by atomic mass is 79.9. The fourth-order valence-corrected chi connectivity index (χ4v) is 4.05. The Morgan fingerprint density at radius 1 is 1.13 bits per heavy atom. The van der Waals surface area contributed by atoms with Crippen molar-refractivity contribution in [2.45, 2.75) is 20.4 Å². The second kappa shape index (κ2) is 7.97. The molecule has 0 saturated heterocycles. The van der Waals surface area contributed by atoms with Crippen molar-refractivity contribution in [1.29, 1.82) is 0 Å². The van der Waals surface area contributed by atoms with Crippen molar-refractivity contribution in [3.63, 3.8) is 0 Å². The molecule has 0 fully saturated rings. The van der Waals surface area contributed by atoms with Gasteiger partial charge in [-0.05, 0) is 41.9 Å². The van der Waals surface area contributed by atoms with Gasteiger partial charge in [-0.2, -0.15) is 8.42 Å². The van der Waals surface area contributed by atoms with E-state index in [1.54, 1.807) is 23.9 Å². The topological polar surface area (TPSA) is 99.9 Å². The van der Waals surface area contributed by atoms with Gasteiger partial charge < -0.3 is 8.75 Å². The predicted octanol–water partition coefficient (Wildman–Crippen LogP) is 3.79. The van der Waals surface area contributed by atoms with E-state index in [4.69, 9.17) is 9.17 Å². The van der Waals surface area contributed by atoms with Gasteiger partial charge in [-0.1, -0.05) is 6.07 Å². The average molecular weight is 506 g/mol. The van der Waals surface area contributed by atoms with Crippen LogP contribution >= 0.6 is 15.9 Å². The Labute approximate surface area is 186 Å². The van der Waals surface area contributed by atoms with E-state index in [-0.39, 0.29) is 12.3 Å². The molecule has 31 heavy (non-hydrogen) atoms. The minimum Gasteiger partial charge on any atom is -0.382 e. The molecule has 3 heterocycles. The van der Waals surface area contributed by atoms with E-state index < -0.39 is 15.9 Å². The number of aryl methyl sites for hydroxylation is 2. The molecule has 0 amide bonds. The standard InChI is InChI=1S/C20H17BrFN5O3S/c1-11-18-20(25-12(2)24-11)27(19(26-18)14-6-15(21)9-23-8-14)10-13-4-5-16(7-17(13)22)30-31(3,28)29/h4-9H,10H2,1-3H3. The molecule has 0 spiro atoms. The van der Waals surface area contributed by atoms with Crippen LogP contribution in [0.1, 0.15) is 17.1 Å². The number of fused-ring (bicyclic) bond motifs is 1. The molecule has 1 aromatic carbocycles. The number of rotatable bonds is 5. The van der Waals surface area contributed by atoms with Crippen molar-refractivity contribution in [3.8, 4) is 17.1 Å². The molecular weight excluding hydrogens is 489 g/mol. The number of imidazole rings is 1. The van der Waals surface area contributed by atoms with Crippen molar-refractivity contribution in [2.75, 3.05) is 6.26 Å². The van der Waals surface area contributed by atoms with Crippen molar-refractivity contribution in [2.24, 2.45) is 0 Å². The molecular formula is C20H17BrFN5O3S. The number of halogens is 2. The zero-order valence-electron chi connectivity index (χ0n) is 16.8. The van der Waals surface area contributed by atoms with Gasteiger partial charge >= 0.3 is 10.1 Å². The predicted molar refractivity (Wildman–Crippen MR) is 117 cm³/mol. The summed E-state index contributed by atoms with van der Waals surface area (Å²) in [6.07, 6.45) is 4.22. The molecule has 0 aliphatic rings. The summed E-state index contributed by atoms with van der Waals surface area (Å²) in [5.41, 5.74) is 2.93. The smallest absolute Gasteiger partial charge is 0.306 e. The number of nitrogens with zero attached hydrogens (tertiary/aromatic N) is 5. The number of aromatic nitrogens is 5. The van der Waals surface area contributed by atoms with Gasteiger partial charge in [0.15, 0.2) is 5.65 Å². The highest BCUT2D eigenvalue weighted by molar-refractivity contribution is 9.10. The first-order chi connectivity index (χ1) is 14.6. The Balaban J connectivity index is 1.86. The molecule has 0 bridgehead atoms. The lowest BCUT2D eigenvalue weighted by atomic mass is 10.2. The van der Waals surface area contributed by atoms with Crippen molar-refractivity contribution < 1.29 is 17.0 Å². The van der Waals surface area contributed by atoms with Crippen LogP contribution in [-0.4, -0.2) is 39.2 Å². The number of hydrogen-bond acceptors (Lipinski definition) is 7. The van der Waals surface area contributed by atoms with Gasteiger partial charge in [0, 0.05) is 34.1 Å². The summed E-state index contributed by atoms with van der Waals surface area (Å²) in [5.74, 6) is 0.429. The summed E-state index contributed by atoms with van der Waals surface area (Å²) < 4.78 is 44.8. The zero-order valence-corrected chi connectivity index (χ0v) is 19.2. The van der Waals surface area contributed by atoms with Crippen LogP contribution in [0.3, 0.4) is 0 Å². The summed E-state index contributed by atoms with van der Waals surface area (Å²) in [5, 5.41) is 0. The lowest BCUT2D eigenvalue weighted by Crippen LogP contribution is -2.08. The summed E-state index contributed by atoms with van der Waals surface area (Å²) in [7, 11) is -3.75. The third-order valence-electron chi connectivity index (χ3n) is 4.44. The Kier molecular flexibility index (Phi) is 5.48. The van der Waals surface area contributed by atoms with Crippen LogP contribution in [0.25, 0.3) is 22.6 Å². The van der Waals surface area contributed by atoms with Gasteiger partial charge in [-0.3, -0.25) is 4.98 Å². The van der Waals surface area contributed by atoms with E-state index in [2.05, 4.69) is 30.9 Å². The van der Waals surface area contributed by atoms with E-state index >= 15 is 0 Å². The van der Waals surface area contributed by atoms with Crippen LogP contribution in [-0.2, 0) is 16.7 Å². The second-order valence-electron chi connectivity index (χ2n) is 6.98. The lowest BCUT2D eigenvalue weighted by molar-refractivity contribution is 0.489. The Morgan fingerprint density at radius 3 is 2.58 bits per heavy atom. The van der Waals surface area contributed by atoms with Gasteiger partial charge in [0.05, 0.1) is 18.5 Å². The molecule has 0 radical (unpaired) electrons. The number of hydrogen-bond donors (Lipinski definition) is 0. The lowest BCUT2D eigenvalue weighted by Gasteiger charge is -2.11. The van der Waals surface area contributed by atoms with Gasteiger partial charge in [-0.25, -0.2) is 19.3 Å². The molecule has 0 aliphatic heterocycles. The minimum absolute atomic E-state index is 0.0929. The van der Waals surface area contributed by atoms with Crippen LogP contribution in [0, 0.1) is 19.7 Å². The van der Waals surface area contributed by atoms with E-state index in [9.17, 15) is 12.8 Å². The molecule has 8 nitrogen and oxygen atoms in total. The average Bonchev–Trinajstić information content (AvgIpc) is 3.01. The van der Waals surface area contributed by atoms with Crippen LogP contribution in [0.2, 0.25) is 0 Å². The van der Waals surface area contributed by atoms with Crippen molar-refractivity contribution in [3.05, 3.63) is 64.0 Å². The van der Waals surface area contributed by atoms with Crippen LogP contribution in [0.15, 0.2) is 41.1 Å². The molecule has 0 unspecified atom stereocenters. The monoisotopic (exact) mass is 505 g/mol. The number of pyridine rings is 1. The van der Waals surface area contributed by atoms with Crippen molar-refractivity contribution >= 4 is 37.2 Å². The maximum atomic E-state index is 14.8. The van der Waals surface area contributed by atoms with E-state index in [0.29, 0.717) is 34.1 Å². The van der Waals surface area contributed by atoms with Gasteiger partial charge in [0.2, 0.25) is 0 Å². The largest absolute Gasteiger partial charge is 0.382 e. The minimum atomic E-state index is -3.75. The summed E-state index contributed by atoms with van der Waals surface area (Å²) in [6, 6.07) is 5.79. The fourth-order valence-electron chi connectivity index (χ4n) is 3.23. The molecule has 0 N–H and O–H groups in total. The quantitative estimate of drug-likeness (QED) is 0.380. The summed E-state index contributed by atoms with van der Waals surface area (Å²) in [6.45, 7) is 3.73. The maximum absolute atomic E-state index is 14.8. The summed E-state index contributed by atoms with van der Waals surface area (Å²) >= 11 is 3.41. The molecule has 4 aromatic rings. The zero-order chi connectivity index (χ0) is 22.3. The van der Waals surface area contributed by atoms with Crippen LogP contribution in [0.5, 0.6) is 5.75 Å².